The predicted molar refractivity (Wildman–Crippen MR) is 79.8 cm³/mol. The molecule has 0 spiro atoms. The minimum atomic E-state index is -1.13. The van der Waals surface area contributed by atoms with Crippen molar-refractivity contribution in [1.82, 2.24) is 4.90 Å². The number of hydrogen-bond acceptors (Lipinski definition) is 4. The quantitative estimate of drug-likeness (QED) is 0.413. The lowest BCUT2D eigenvalue weighted by Crippen LogP contribution is -2.37. The fraction of sp³-hybridized carbons (Fsp3) is 0.909. The SMILES string of the molecule is C#I(C)S[C@@H](C)CCOCN1CCOCC1. The monoisotopic (exact) mass is 359 g/mol. The number of ether oxygens (including phenoxy) is 2. The fourth-order valence-corrected chi connectivity index (χ4v) is 6.99. The summed E-state index contributed by atoms with van der Waals surface area (Å²) in [5.41, 5.74) is 0. The number of halogens is 1. The Balaban J connectivity index is 1.96. The van der Waals surface area contributed by atoms with Gasteiger partial charge in [0.1, 0.15) is 0 Å². The molecule has 5 heteroatoms. The topological polar surface area (TPSA) is 21.7 Å². The molecule has 0 amide bonds. The van der Waals surface area contributed by atoms with Crippen LogP contribution in [0.4, 0.5) is 0 Å². The first-order valence-corrected chi connectivity index (χ1v) is 12.4. The molecule has 0 aromatic heterocycles. The summed E-state index contributed by atoms with van der Waals surface area (Å²) >= 11 is -1.13. The number of alkyl halides is 1. The smallest absolute Gasteiger partial charge is 0.0991 e. The molecule has 16 heavy (non-hydrogen) atoms. The highest BCUT2D eigenvalue weighted by molar-refractivity contribution is 14.3. The molecule has 1 heterocycles. The molecule has 0 aromatic rings. The van der Waals surface area contributed by atoms with Crippen LogP contribution < -0.4 is 0 Å². The van der Waals surface area contributed by atoms with Crippen molar-refractivity contribution >= 4 is 26.7 Å². The Kier molecular flexibility index (Phi) is 8.12. The maximum absolute atomic E-state index is 5.87. The molecule has 1 rings (SSSR count). The van der Waals surface area contributed by atoms with E-state index in [0.717, 1.165) is 46.1 Å². The van der Waals surface area contributed by atoms with Crippen molar-refractivity contribution in [2.75, 3.05) is 44.6 Å². The highest BCUT2D eigenvalue weighted by Gasteiger charge is 2.10. The Labute approximate surface area is 108 Å². The standard InChI is InChI=1S/C11H22INO2S/c1-11(16-12(2)3)4-7-15-10-13-5-8-14-9-6-13/h2,11H,4-10H2,1,3H3/t11-/m0/s1. The second-order valence-electron chi connectivity index (χ2n) is 3.92. The van der Waals surface area contributed by atoms with E-state index in [1.807, 2.05) is 8.93 Å². The van der Waals surface area contributed by atoms with Crippen molar-refractivity contribution in [3.8, 4) is 4.31 Å². The molecule has 0 unspecified atom stereocenters. The average molecular weight is 359 g/mol. The summed E-state index contributed by atoms with van der Waals surface area (Å²) in [6.45, 7) is 7.51. The minimum absolute atomic E-state index is 0.643. The van der Waals surface area contributed by atoms with Crippen LogP contribution in [-0.2, 0) is 9.47 Å². The van der Waals surface area contributed by atoms with Gasteiger partial charge in [-0.15, -0.1) is 4.31 Å². The van der Waals surface area contributed by atoms with E-state index in [1.165, 1.54) is 0 Å². The molecule has 0 aromatic carbocycles. The zero-order valence-electron chi connectivity index (χ0n) is 10.2. The molecule has 0 radical (unpaired) electrons. The number of hydrogen-bond donors (Lipinski definition) is 0. The zero-order valence-corrected chi connectivity index (χ0v) is 13.1. The van der Waals surface area contributed by atoms with Gasteiger partial charge in [0.05, 0.1) is 19.9 Å². The van der Waals surface area contributed by atoms with Gasteiger partial charge in [0.15, 0.2) is 0 Å². The first-order valence-electron chi connectivity index (χ1n) is 5.58. The molecule has 96 valence electrons. The highest BCUT2D eigenvalue weighted by atomic mass is 127. The lowest BCUT2D eigenvalue weighted by Gasteiger charge is -2.26. The molecule has 1 fully saturated rings. The van der Waals surface area contributed by atoms with Crippen LogP contribution >= 0.6 is 26.7 Å². The van der Waals surface area contributed by atoms with Gasteiger partial charge in [-0.25, -0.2) is 0 Å². The Morgan fingerprint density at radius 3 is 2.81 bits per heavy atom. The van der Waals surface area contributed by atoms with Crippen molar-refractivity contribution in [2.24, 2.45) is 0 Å². The van der Waals surface area contributed by atoms with E-state index >= 15 is 0 Å². The van der Waals surface area contributed by atoms with E-state index in [0.29, 0.717) is 5.25 Å². The summed E-state index contributed by atoms with van der Waals surface area (Å²) in [6.07, 6.45) is 1.11. The largest absolute Gasteiger partial charge is 0.379 e. The van der Waals surface area contributed by atoms with Crippen LogP contribution in [0.5, 0.6) is 0 Å². The van der Waals surface area contributed by atoms with Gasteiger partial charge in [0.2, 0.25) is 0 Å². The molecule has 1 saturated heterocycles. The van der Waals surface area contributed by atoms with Gasteiger partial charge in [-0.05, 0) is 11.4 Å². The Bertz CT molecular complexity index is 248. The normalized spacial score (nSPS) is 20.1. The zero-order chi connectivity index (χ0) is 11.8. The maximum Gasteiger partial charge on any atom is 0.0991 e. The van der Waals surface area contributed by atoms with Gasteiger partial charge >= 0.3 is 0 Å². The van der Waals surface area contributed by atoms with Crippen LogP contribution in [0.15, 0.2) is 0 Å². The van der Waals surface area contributed by atoms with Crippen LogP contribution in [0.3, 0.4) is 0 Å². The fourth-order valence-electron chi connectivity index (χ4n) is 1.46. The molecular weight excluding hydrogens is 337 g/mol. The van der Waals surface area contributed by atoms with Gasteiger partial charge in [-0.2, -0.15) is 0 Å². The van der Waals surface area contributed by atoms with Crippen LogP contribution in [0.25, 0.3) is 0 Å². The molecule has 1 aliphatic heterocycles. The summed E-state index contributed by atoms with van der Waals surface area (Å²) in [7, 11) is 1.96. The number of rotatable bonds is 6. The Morgan fingerprint density at radius 1 is 1.50 bits per heavy atom. The molecular formula is C11H22INO2S. The average Bonchev–Trinajstić information content (AvgIpc) is 2.25. The molecule has 3 nitrogen and oxygen atoms in total. The van der Waals surface area contributed by atoms with Crippen molar-refractivity contribution < 1.29 is 9.47 Å². The van der Waals surface area contributed by atoms with Crippen molar-refractivity contribution in [2.45, 2.75) is 18.6 Å². The molecule has 0 N–H and O–H groups in total. The summed E-state index contributed by atoms with van der Waals surface area (Å²) in [6, 6.07) is 0. The van der Waals surface area contributed by atoms with E-state index in [2.05, 4.69) is 16.8 Å². The molecule has 0 saturated carbocycles. The van der Waals surface area contributed by atoms with Gasteiger partial charge in [-0.1, -0.05) is 33.6 Å². The van der Waals surface area contributed by atoms with Crippen molar-refractivity contribution in [3.05, 3.63) is 0 Å². The number of morpholine rings is 1. The van der Waals surface area contributed by atoms with Crippen LogP contribution in [-0.4, -0.2) is 54.7 Å². The predicted octanol–water partition coefficient (Wildman–Crippen LogP) is 2.44. The summed E-state index contributed by atoms with van der Waals surface area (Å²) < 4.78 is 16.8. The third kappa shape index (κ3) is 7.14. The Hall–Kier alpha value is 0.740. The van der Waals surface area contributed by atoms with E-state index in [9.17, 15) is 0 Å². The highest BCUT2D eigenvalue weighted by Crippen LogP contribution is 2.36. The van der Waals surface area contributed by atoms with Gasteiger partial charge < -0.3 is 9.47 Å². The van der Waals surface area contributed by atoms with Crippen molar-refractivity contribution in [1.29, 1.82) is 0 Å². The first-order chi connectivity index (χ1) is 7.68. The van der Waals surface area contributed by atoms with E-state index < -0.39 is 17.8 Å². The molecule has 0 bridgehead atoms. The second-order valence-corrected chi connectivity index (χ2v) is 12.3. The number of nitrogens with zero attached hydrogens (tertiary/aromatic N) is 1. The first kappa shape index (κ1) is 14.8. The second kappa shape index (κ2) is 8.78. The maximum atomic E-state index is 5.87. The van der Waals surface area contributed by atoms with Gasteiger partial charge in [-0.3, -0.25) is 4.90 Å². The van der Waals surface area contributed by atoms with E-state index in [4.69, 9.17) is 13.8 Å². The third-order valence-electron chi connectivity index (χ3n) is 2.34. The Morgan fingerprint density at radius 2 is 2.19 bits per heavy atom. The minimum Gasteiger partial charge on any atom is -0.379 e. The van der Waals surface area contributed by atoms with Crippen molar-refractivity contribution in [3.63, 3.8) is 0 Å². The molecule has 0 aliphatic carbocycles. The summed E-state index contributed by atoms with van der Waals surface area (Å²) in [5, 5.41) is 0.643. The van der Waals surface area contributed by atoms with Gasteiger partial charge in [0.25, 0.3) is 0 Å². The van der Waals surface area contributed by atoms with Gasteiger partial charge in [0, 0.05) is 24.9 Å². The lowest BCUT2D eigenvalue weighted by molar-refractivity contribution is -0.0329. The summed E-state index contributed by atoms with van der Waals surface area (Å²) in [4.78, 5) is 4.47. The molecule has 1 aliphatic rings. The van der Waals surface area contributed by atoms with Crippen LogP contribution in [0.1, 0.15) is 13.3 Å². The van der Waals surface area contributed by atoms with Crippen LogP contribution in [0, 0.1) is 4.31 Å². The molecule has 1 atom stereocenters. The lowest BCUT2D eigenvalue weighted by atomic mass is 10.3. The van der Waals surface area contributed by atoms with E-state index in [1.54, 1.807) is 0 Å². The van der Waals surface area contributed by atoms with E-state index in [-0.39, 0.29) is 0 Å². The summed E-state index contributed by atoms with van der Waals surface area (Å²) in [5.74, 6) is 0. The third-order valence-corrected chi connectivity index (χ3v) is 8.17. The van der Waals surface area contributed by atoms with Crippen LogP contribution in [0.2, 0.25) is 0 Å².